The van der Waals surface area contributed by atoms with Gasteiger partial charge >= 0.3 is 11.9 Å². The fraction of sp³-hybridized carbons (Fsp3) is 0.350. The molecule has 0 bridgehead atoms. The van der Waals surface area contributed by atoms with E-state index >= 15 is 0 Å². The molecule has 29 heavy (non-hydrogen) atoms. The molecule has 1 saturated carbocycles. The molecule has 1 saturated heterocycles. The Morgan fingerprint density at radius 3 is 2.59 bits per heavy atom. The van der Waals surface area contributed by atoms with Gasteiger partial charge in [0.25, 0.3) is 0 Å². The molecule has 2 heterocycles. The van der Waals surface area contributed by atoms with Crippen LogP contribution >= 0.6 is 0 Å². The number of benzene rings is 1. The number of anilines is 1. The van der Waals surface area contributed by atoms with Gasteiger partial charge < -0.3 is 14.8 Å². The number of halogens is 1. The Balaban J connectivity index is 1.79. The Hall–Kier alpha value is -3.20. The van der Waals surface area contributed by atoms with Crippen molar-refractivity contribution < 1.29 is 23.8 Å². The highest BCUT2D eigenvalue weighted by molar-refractivity contribution is 5.95. The molecule has 2 aromatic rings. The lowest BCUT2D eigenvalue weighted by Gasteiger charge is -2.30. The zero-order valence-electron chi connectivity index (χ0n) is 15.7. The standard InChI is InChI=1S/C20H20FN3O5/c1-2-18(25)28-29-20(27)14-11-24(12-3-4-12)16-10-17(23-7-5-22-6-8-23)15(21)9-13(16)19(14)26/h2,9-12,22H,1,3-8H2. The van der Waals surface area contributed by atoms with E-state index < -0.39 is 23.2 Å². The summed E-state index contributed by atoms with van der Waals surface area (Å²) in [5, 5.41) is 3.30. The molecule has 4 rings (SSSR count). The van der Waals surface area contributed by atoms with Gasteiger partial charge in [0, 0.05) is 49.9 Å². The molecule has 0 spiro atoms. The van der Waals surface area contributed by atoms with E-state index in [1.165, 1.54) is 12.3 Å². The van der Waals surface area contributed by atoms with Crippen LogP contribution in [0.5, 0.6) is 0 Å². The summed E-state index contributed by atoms with van der Waals surface area (Å²) in [5.41, 5.74) is -0.00648. The lowest BCUT2D eigenvalue weighted by Crippen LogP contribution is -2.43. The number of fused-ring (bicyclic) bond motifs is 1. The average Bonchev–Trinajstić information content (AvgIpc) is 3.58. The molecule has 8 nitrogen and oxygen atoms in total. The van der Waals surface area contributed by atoms with E-state index in [1.807, 2.05) is 4.90 Å². The number of rotatable bonds is 4. The number of carbonyl (C=O) groups is 2. The van der Waals surface area contributed by atoms with Crippen molar-refractivity contribution in [2.24, 2.45) is 0 Å². The molecule has 0 radical (unpaired) electrons. The van der Waals surface area contributed by atoms with Gasteiger partial charge in [0.2, 0.25) is 5.43 Å². The van der Waals surface area contributed by atoms with Crippen molar-refractivity contribution in [1.29, 1.82) is 0 Å². The van der Waals surface area contributed by atoms with Gasteiger partial charge in [-0.25, -0.2) is 23.8 Å². The van der Waals surface area contributed by atoms with Crippen molar-refractivity contribution in [1.82, 2.24) is 9.88 Å². The molecule has 0 amide bonds. The van der Waals surface area contributed by atoms with Gasteiger partial charge in [-0.15, -0.1) is 0 Å². The van der Waals surface area contributed by atoms with Crippen molar-refractivity contribution in [2.45, 2.75) is 18.9 Å². The Morgan fingerprint density at radius 1 is 1.21 bits per heavy atom. The number of hydrogen-bond acceptors (Lipinski definition) is 7. The van der Waals surface area contributed by atoms with Crippen LogP contribution in [0.2, 0.25) is 0 Å². The number of nitrogens with one attached hydrogen (secondary N) is 1. The second-order valence-corrected chi connectivity index (χ2v) is 7.05. The van der Waals surface area contributed by atoms with E-state index in [0.29, 0.717) is 24.3 Å². The monoisotopic (exact) mass is 401 g/mol. The van der Waals surface area contributed by atoms with Gasteiger partial charge in [0.15, 0.2) is 0 Å². The number of piperazine rings is 1. The molecule has 1 aliphatic carbocycles. The number of carbonyl (C=O) groups excluding carboxylic acids is 2. The number of hydrogen-bond donors (Lipinski definition) is 1. The molecule has 0 atom stereocenters. The molecule has 1 aromatic heterocycles. The zero-order valence-corrected chi connectivity index (χ0v) is 15.7. The topological polar surface area (TPSA) is 89.9 Å². The smallest absolute Gasteiger partial charge is 0.367 e. The first-order chi connectivity index (χ1) is 14.0. The highest BCUT2D eigenvalue weighted by Crippen LogP contribution is 2.38. The Kier molecular flexibility index (Phi) is 5.06. The van der Waals surface area contributed by atoms with Crippen molar-refractivity contribution in [2.75, 3.05) is 31.1 Å². The number of pyridine rings is 1. The summed E-state index contributed by atoms with van der Waals surface area (Å²) >= 11 is 0. The summed E-state index contributed by atoms with van der Waals surface area (Å²) < 4.78 is 16.7. The molecule has 1 aliphatic heterocycles. The Bertz CT molecular complexity index is 1050. The fourth-order valence-corrected chi connectivity index (χ4v) is 3.46. The van der Waals surface area contributed by atoms with Crippen LogP contribution in [-0.4, -0.2) is 42.7 Å². The first kappa shape index (κ1) is 19.1. The predicted octanol–water partition coefficient (Wildman–Crippen LogP) is 1.69. The number of aromatic nitrogens is 1. The second kappa shape index (κ2) is 7.67. The lowest BCUT2D eigenvalue weighted by atomic mass is 10.1. The van der Waals surface area contributed by atoms with Gasteiger partial charge in [-0.05, 0) is 25.0 Å². The first-order valence-electron chi connectivity index (χ1n) is 9.39. The van der Waals surface area contributed by atoms with Crippen molar-refractivity contribution in [3.63, 3.8) is 0 Å². The van der Waals surface area contributed by atoms with Crippen LogP contribution in [0.25, 0.3) is 10.9 Å². The van der Waals surface area contributed by atoms with Crippen LogP contribution in [0.4, 0.5) is 10.1 Å². The molecular weight excluding hydrogens is 381 g/mol. The van der Waals surface area contributed by atoms with E-state index in [0.717, 1.165) is 32.0 Å². The lowest BCUT2D eigenvalue weighted by molar-refractivity contribution is -0.228. The largest absolute Gasteiger partial charge is 0.391 e. The summed E-state index contributed by atoms with van der Waals surface area (Å²) in [5.74, 6) is -2.61. The minimum atomic E-state index is -1.12. The van der Waals surface area contributed by atoms with Gasteiger partial charge in [-0.2, -0.15) is 0 Å². The average molecular weight is 401 g/mol. The van der Waals surface area contributed by atoms with E-state index in [9.17, 15) is 18.8 Å². The summed E-state index contributed by atoms with van der Waals surface area (Å²) in [4.78, 5) is 46.9. The quantitative estimate of drug-likeness (QED) is 0.474. The highest BCUT2D eigenvalue weighted by atomic mass is 19.1. The summed E-state index contributed by atoms with van der Waals surface area (Å²) in [6.45, 7) is 6.02. The zero-order chi connectivity index (χ0) is 20.5. The summed E-state index contributed by atoms with van der Waals surface area (Å²) in [6.07, 6.45) is 3.99. The summed E-state index contributed by atoms with van der Waals surface area (Å²) in [6, 6.07) is 2.95. The van der Waals surface area contributed by atoms with E-state index in [1.54, 1.807) is 10.6 Å². The first-order valence-corrected chi connectivity index (χ1v) is 9.39. The van der Waals surface area contributed by atoms with Crippen LogP contribution in [0, 0.1) is 5.82 Å². The normalized spacial score (nSPS) is 16.5. The molecular formula is C20H20FN3O5. The molecule has 2 aliphatic rings. The van der Waals surface area contributed by atoms with Crippen molar-refractivity contribution >= 4 is 28.5 Å². The fourth-order valence-electron chi connectivity index (χ4n) is 3.46. The Morgan fingerprint density at radius 2 is 1.93 bits per heavy atom. The van der Waals surface area contributed by atoms with Crippen LogP contribution in [0.15, 0.2) is 35.8 Å². The maximum atomic E-state index is 14.9. The minimum absolute atomic E-state index is 0.0813. The Labute approximate surface area is 165 Å². The molecule has 152 valence electrons. The van der Waals surface area contributed by atoms with E-state index in [2.05, 4.69) is 21.7 Å². The van der Waals surface area contributed by atoms with E-state index in [-0.39, 0.29) is 17.0 Å². The van der Waals surface area contributed by atoms with Crippen LogP contribution in [-0.2, 0) is 14.6 Å². The molecule has 1 aromatic carbocycles. The highest BCUT2D eigenvalue weighted by Gasteiger charge is 2.29. The number of nitrogens with zero attached hydrogens (tertiary/aromatic N) is 2. The van der Waals surface area contributed by atoms with Crippen LogP contribution < -0.4 is 15.6 Å². The third-order valence-corrected chi connectivity index (χ3v) is 5.08. The third kappa shape index (κ3) is 3.73. The maximum absolute atomic E-state index is 14.9. The second-order valence-electron chi connectivity index (χ2n) is 7.05. The van der Waals surface area contributed by atoms with Crippen LogP contribution in [0.1, 0.15) is 29.2 Å². The molecule has 2 fully saturated rings. The molecule has 1 N–H and O–H groups in total. The van der Waals surface area contributed by atoms with Gasteiger partial charge in [0.05, 0.1) is 11.2 Å². The molecule has 0 unspecified atom stereocenters. The molecule has 9 heteroatoms. The van der Waals surface area contributed by atoms with Crippen molar-refractivity contribution in [3.8, 4) is 0 Å². The summed E-state index contributed by atoms with van der Waals surface area (Å²) in [7, 11) is 0. The predicted molar refractivity (Wildman–Crippen MR) is 103 cm³/mol. The maximum Gasteiger partial charge on any atom is 0.391 e. The van der Waals surface area contributed by atoms with E-state index in [4.69, 9.17) is 0 Å². The van der Waals surface area contributed by atoms with Gasteiger partial charge in [-0.3, -0.25) is 4.79 Å². The minimum Gasteiger partial charge on any atom is -0.367 e. The van der Waals surface area contributed by atoms with Crippen LogP contribution in [0.3, 0.4) is 0 Å². The van der Waals surface area contributed by atoms with Crippen molar-refractivity contribution in [3.05, 3.63) is 52.6 Å². The van der Waals surface area contributed by atoms with Gasteiger partial charge in [-0.1, -0.05) is 6.58 Å². The SMILES string of the molecule is C=CC(=O)OOC(=O)c1cn(C2CC2)c2cc(N3CCNCC3)c(F)cc2c1=O. The third-order valence-electron chi connectivity index (χ3n) is 5.08. The van der Waals surface area contributed by atoms with Gasteiger partial charge in [0.1, 0.15) is 11.4 Å².